The smallest absolute Gasteiger partial charge is 0.227 e. The number of nitrogens with zero attached hydrogens (tertiary/aromatic N) is 3. The monoisotopic (exact) mass is 673 g/mol. The summed E-state index contributed by atoms with van der Waals surface area (Å²) in [6.07, 6.45) is 1.90. The topological polar surface area (TPSA) is 75.8 Å². The quantitative estimate of drug-likeness (QED) is 0.160. The first kappa shape index (κ1) is 34.2. The minimum absolute atomic E-state index is 0.281. The summed E-state index contributed by atoms with van der Waals surface area (Å²) in [5.41, 5.74) is 14.3. The molecule has 0 atom stereocenters. The second-order valence-electron chi connectivity index (χ2n) is 15.5. The summed E-state index contributed by atoms with van der Waals surface area (Å²) >= 11 is 0. The van der Waals surface area contributed by atoms with Crippen LogP contribution in [0, 0.1) is 11.3 Å². The average Bonchev–Trinajstić information content (AvgIpc) is 3.70. The molecule has 3 heterocycles. The van der Waals surface area contributed by atoms with Gasteiger partial charge in [-0.05, 0) is 92.8 Å². The van der Waals surface area contributed by atoms with Crippen molar-refractivity contribution in [2.45, 2.75) is 98.8 Å². The van der Waals surface area contributed by atoms with Crippen LogP contribution in [0.4, 0.5) is 0 Å². The van der Waals surface area contributed by atoms with Crippen LogP contribution in [0.15, 0.2) is 81.8 Å². The second kappa shape index (κ2) is 13.2. The number of benzene rings is 4. The van der Waals surface area contributed by atoms with Crippen LogP contribution in [0.3, 0.4) is 0 Å². The highest BCUT2D eigenvalue weighted by atomic mass is 16.4. The van der Waals surface area contributed by atoms with Crippen LogP contribution >= 0.6 is 0 Å². The van der Waals surface area contributed by atoms with Gasteiger partial charge in [-0.1, -0.05) is 112 Å². The molecule has 7 rings (SSSR count). The molecule has 51 heavy (non-hydrogen) atoms. The Labute approximate surface area is 301 Å². The van der Waals surface area contributed by atoms with Crippen molar-refractivity contribution in [2.24, 2.45) is 0 Å². The minimum atomic E-state index is 0.281. The van der Waals surface area contributed by atoms with Crippen molar-refractivity contribution in [3.63, 3.8) is 0 Å². The van der Waals surface area contributed by atoms with E-state index in [-0.39, 0.29) is 11.8 Å². The Hall–Kier alpha value is -5.21. The van der Waals surface area contributed by atoms with E-state index >= 15 is 0 Å². The third kappa shape index (κ3) is 5.81. The largest absolute Gasteiger partial charge is 0.454 e. The zero-order chi connectivity index (χ0) is 36.3. The number of furan rings is 1. The summed E-state index contributed by atoms with van der Waals surface area (Å²) in [5, 5.41) is 12.3. The zero-order valence-corrected chi connectivity index (χ0v) is 31.5. The first-order valence-corrected chi connectivity index (χ1v) is 18.4. The number of para-hydroxylation sites is 1. The molecule has 3 aromatic heterocycles. The molecule has 0 amide bonds. The van der Waals surface area contributed by atoms with Gasteiger partial charge in [0.2, 0.25) is 5.89 Å². The summed E-state index contributed by atoms with van der Waals surface area (Å²) in [6, 6.07) is 26.0. The van der Waals surface area contributed by atoms with Crippen LogP contribution < -0.4 is 0 Å². The fourth-order valence-electron chi connectivity index (χ4n) is 7.55. The molecular formula is C46H47N3O2. The van der Waals surface area contributed by atoms with Gasteiger partial charge in [-0.15, -0.1) is 0 Å². The summed E-state index contributed by atoms with van der Waals surface area (Å²) in [4.78, 5) is 9.86. The number of oxazole rings is 1. The van der Waals surface area contributed by atoms with E-state index in [9.17, 15) is 5.26 Å². The Morgan fingerprint density at radius 1 is 0.608 bits per heavy atom. The lowest BCUT2D eigenvalue weighted by Crippen LogP contribution is -2.04. The molecule has 0 spiro atoms. The van der Waals surface area contributed by atoms with E-state index in [4.69, 9.17) is 18.8 Å². The summed E-state index contributed by atoms with van der Waals surface area (Å²) < 4.78 is 13.2. The predicted octanol–water partition coefficient (Wildman–Crippen LogP) is 13.6. The van der Waals surface area contributed by atoms with Gasteiger partial charge in [0.1, 0.15) is 22.7 Å². The maximum Gasteiger partial charge on any atom is 0.227 e. The van der Waals surface area contributed by atoms with Crippen LogP contribution in [0.5, 0.6) is 0 Å². The second-order valence-corrected chi connectivity index (χ2v) is 15.5. The highest BCUT2D eigenvalue weighted by Gasteiger charge is 2.25. The van der Waals surface area contributed by atoms with Gasteiger partial charge in [-0.2, -0.15) is 5.26 Å². The predicted molar refractivity (Wildman–Crippen MR) is 211 cm³/mol. The molecule has 0 unspecified atom stereocenters. The van der Waals surface area contributed by atoms with E-state index in [1.165, 1.54) is 33.4 Å². The molecule has 0 aliphatic heterocycles. The van der Waals surface area contributed by atoms with Gasteiger partial charge in [0.05, 0.1) is 5.69 Å². The van der Waals surface area contributed by atoms with Crippen molar-refractivity contribution in [1.82, 2.24) is 9.97 Å². The van der Waals surface area contributed by atoms with Crippen LogP contribution in [-0.4, -0.2) is 9.97 Å². The lowest BCUT2D eigenvalue weighted by molar-refractivity contribution is 0.615. The molecule has 0 aliphatic rings. The van der Waals surface area contributed by atoms with Crippen LogP contribution in [0.1, 0.15) is 132 Å². The maximum absolute atomic E-state index is 10.6. The Kier molecular flexibility index (Phi) is 8.84. The van der Waals surface area contributed by atoms with Crippen molar-refractivity contribution in [3.8, 4) is 39.9 Å². The van der Waals surface area contributed by atoms with E-state index in [2.05, 4.69) is 118 Å². The van der Waals surface area contributed by atoms with Crippen LogP contribution in [-0.2, 0) is 0 Å². The molecule has 0 saturated heterocycles. The first-order valence-electron chi connectivity index (χ1n) is 18.4. The Balaban J connectivity index is 1.42. The molecular weight excluding hydrogens is 627 g/mol. The maximum atomic E-state index is 10.6. The average molecular weight is 674 g/mol. The molecule has 5 nitrogen and oxygen atoms in total. The van der Waals surface area contributed by atoms with Gasteiger partial charge >= 0.3 is 0 Å². The summed E-state index contributed by atoms with van der Waals surface area (Å²) in [7, 11) is 0. The fraction of sp³-hybridized carbons (Fsp3) is 0.326. The zero-order valence-electron chi connectivity index (χ0n) is 31.5. The third-order valence-electron chi connectivity index (χ3n) is 10.3. The van der Waals surface area contributed by atoms with Gasteiger partial charge in [-0.3, -0.25) is 4.98 Å². The highest BCUT2D eigenvalue weighted by Crippen LogP contribution is 2.44. The van der Waals surface area contributed by atoms with Gasteiger partial charge in [0.25, 0.3) is 0 Å². The van der Waals surface area contributed by atoms with Crippen LogP contribution in [0.25, 0.3) is 66.9 Å². The lowest BCUT2D eigenvalue weighted by atomic mass is 9.82. The molecule has 0 saturated carbocycles. The fourth-order valence-corrected chi connectivity index (χ4v) is 7.55. The number of pyridine rings is 1. The summed E-state index contributed by atoms with van der Waals surface area (Å²) in [5.74, 6) is 2.27. The number of rotatable bonds is 8. The Morgan fingerprint density at radius 3 is 1.82 bits per heavy atom. The van der Waals surface area contributed by atoms with Gasteiger partial charge < -0.3 is 8.83 Å². The van der Waals surface area contributed by atoms with Crippen molar-refractivity contribution in [2.75, 3.05) is 0 Å². The number of nitriles is 1. The minimum Gasteiger partial charge on any atom is -0.454 e. The SMILES string of the molecule is CC(C)c1cc(C(C)C)c(-c2ccnc(-c3cccc4c3oc3c(C#N)c5nc(-c6c(C(C)C)cccc6C(C)C)oc5cc34)c2)c(C(C)C)c1. The lowest BCUT2D eigenvalue weighted by Gasteiger charge is -2.23. The molecule has 5 heteroatoms. The third-order valence-corrected chi connectivity index (χ3v) is 10.3. The van der Waals surface area contributed by atoms with E-state index in [1.54, 1.807) is 0 Å². The van der Waals surface area contributed by atoms with E-state index in [1.807, 2.05) is 30.5 Å². The summed E-state index contributed by atoms with van der Waals surface area (Å²) in [6.45, 7) is 22.4. The van der Waals surface area contributed by atoms with E-state index < -0.39 is 0 Å². The molecule has 0 fully saturated rings. The van der Waals surface area contributed by atoms with Gasteiger partial charge in [0, 0.05) is 28.1 Å². The van der Waals surface area contributed by atoms with Crippen LogP contribution in [0.2, 0.25) is 0 Å². The standard InChI is InChI=1S/C46H47N3O2/c1-24(2)30-19-35(27(7)8)41(36(20-30)28(9)10)29-17-18-48-39(21-29)34-16-12-15-33-37-22-40-43(38(23-47)45(37)51-44(33)34)49-46(50-40)42-31(25(3)4)13-11-14-32(42)26(5)6/h11-22,24-28H,1-10H3. The van der Waals surface area contributed by atoms with Crippen molar-refractivity contribution in [3.05, 3.63) is 106 Å². The molecule has 0 N–H and O–H groups in total. The highest BCUT2D eigenvalue weighted by molar-refractivity contribution is 6.14. The van der Waals surface area contributed by atoms with Gasteiger partial charge in [0.15, 0.2) is 11.2 Å². The number of hydrogen-bond donors (Lipinski definition) is 0. The molecule has 0 aliphatic carbocycles. The number of fused-ring (bicyclic) bond motifs is 4. The molecule has 4 aromatic carbocycles. The molecule has 258 valence electrons. The number of aromatic nitrogens is 2. The molecule has 0 bridgehead atoms. The Morgan fingerprint density at radius 2 is 1.24 bits per heavy atom. The molecule has 7 aromatic rings. The van der Waals surface area contributed by atoms with Gasteiger partial charge in [-0.25, -0.2) is 4.98 Å². The van der Waals surface area contributed by atoms with E-state index in [0.29, 0.717) is 51.5 Å². The Bertz CT molecular complexity index is 2430. The van der Waals surface area contributed by atoms with E-state index in [0.717, 1.165) is 33.2 Å². The molecule has 0 radical (unpaired) electrons. The first-order chi connectivity index (χ1) is 24.4. The van der Waals surface area contributed by atoms with Crippen molar-refractivity contribution >= 4 is 33.0 Å². The van der Waals surface area contributed by atoms with Crippen molar-refractivity contribution in [1.29, 1.82) is 5.26 Å². The number of hydrogen-bond acceptors (Lipinski definition) is 5. The van der Waals surface area contributed by atoms with Crippen molar-refractivity contribution < 1.29 is 8.83 Å². The normalized spacial score (nSPS) is 12.2.